The number of nitrogens with zero attached hydrogens (tertiary/aromatic N) is 1. The van der Waals surface area contributed by atoms with Crippen molar-refractivity contribution >= 4 is 21.4 Å². The molecule has 0 fully saturated rings. The molecule has 23 heavy (non-hydrogen) atoms. The maximum Gasteiger partial charge on any atom is 0.264 e. The Morgan fingerprint density at radius 2 is 2.04 bits per heavy atom. The van der Waals surface area contributed by atoms with Crippen molar-refractivity contribution in [3.63, 3.8) is 0 Å². The minimum atomic E-state index is -3.89. The molecule has 2 N–H and O–H groups in total. The molecule has 3 rings (SSSR count). The minimum Gasteiger partial charge on any atom is -0.494 e. The molecule has 2 aromatic carbocycles. The topological polar surface area (TPSA) is 81.9 Å². The molecule has 0 saturated carbocycles. The van der Waals surface area contributed by atoms with Crippen LogP contribution in [0.25, 0.3) is 0 Å². The van der Waals surface area contributed by atoms with Gasteiger partial charge in [-0.05, 0) is 30.3 Å². The van der Waals surface area contributed by atoms with Gasteiger partial charge in [0, 0.05) is 11.8 Å². The van der Waals surface area contributed by atoms with Crippen molar-refractivity contribution < 1.29 is 22.3 Å². The molecule has 0 aliphatic carbocycles. The number of rotatable bonds is 3. The fourth-order valence-electron chi connectivity index (χ4n) is 2.39. The van der Waals surface area contributed by atoms with E-state index in [1.807, 2.05) is 0 Å². The number of halogens is 1. The molecular formula is C15H15FN2O4S. The summed E-state index contributed by atoms with van der Waals surface area (Å²) in [6.07, 6.45) is 0. The second kappa shape index (κ2) is 5.62. The quantitative estimate of drug-likeness (QED) is 0.866. The van der Waals surface area contributed by atoms with E-state index in [1.165, 1.54) is 23.5 Å². The van der Waals surface area contributed by atoms with Crippen LogP contribution in [0.2, 0.25) is 0 Å². The predicted octanol–water partition coefficient (Wildman–Crippen LogP) is 2.00. The van der Waals surface area contributed by atoms with E-state index in [4.69, 9.17) is 15.2 Å². The highest BCUT2D eigenvalue weighted by Crippen LogP contribution is 2.37. The summed E-state index contributed by atoms with van der Waals surface area (Å²) in [5, 5.41) is 0. The molecule has 8 heteroatoms. The number of nitrogens with two attached hydrogens (primary N) is 1. The van der Waals surface area contributed by atoms with Gasteiger partial charge in [-0.25, -0.2) is 12.8 Å². The Kier molecular flexibility index (Phi) is 3.77. The van der Waals surface area contributed by atoms with E-state index in [0.717, 1.165) is 12.1 Å². The molecule has 6 nitrogen and oxygen atoms in total. The number of nitrogen functional groups attached to an aromatic ring is 1. The summed E-state index contributed by atoms with van der Waals surface area (Å²) in [6.45, 7) is 0.354. The minimum absolute atomic E-state index is 0.0639. The van der Waals surface area contributed by atoms with Crippen LogP contribution < -0.4 is 19.5 Å². The zero-order valence-electron chi connectivity index (χ0n) is 12.3. The lowest BCUT2D eigenvalue weighted by Gasteiger charge is -2.30. The van der Waals surface area contributed by atoms with Crippen LogP contribution in [0.5, 0.6) is 11.5 Å². The molecule has 0 saturated heterocycles. The lowest BCUT2D eigenvalue weighted by Crippen LogP contribution is -2.38. The second-order valence-electron chi connectivity index (χ2n) is 4.95. The average Bonchev–Trinajstić information content (AvgIpc) is 2.54. The molecule has 0 aromatic heterocycles. The molecule has 0 radical (unpaired) electrons. The Hall–Kier alpha value is -2.48. The highest BCUT2D eigenvalue weighted by atomic mass is 32.2. The van der Waals surface area contributed by atoms with Gasteiger partial charge in [0.15, 0.2) is 11.6 Å². The Balaban J connectivity index is 2.10. The Morgan fingerprint density at radius 1 is 1.26 bits per heavy atom. The van der Waals surface area contributed by atoms with Crippen LogP contribution in [-0.2, 0) is 10.0 Å². The van der Waals surface area contributed by atoms with Crippen LogP contribution in [0, 0.1) is 5.82 Å². The van der Waals surface area contributed by atoms with Gasteiger partial charge in [-0.2, -0.15) is 0 Å². The van der Waals surface area contributed by atoms with Gasteiger partial charge in [0.05, 0.1) is 24.2 Å². The summed E-state index contributed by atoms with van der Waals surface area (Å²) >= 11 is 0. The van der Waals surface area contributed by atoms with Crippen molar-refractivity contribution in [2.24, 2.45) is 0 Å². The number of hydrogen-bond acceptors (Lipinski definition) is 5. The third kappa shape index (κ3) is 2.65. The van der Waals surface area contributed by atoms with Gasteiger partial charge in [-0.3, -0.25) is 4.31 Å². The van der Waals surface area contributed by atoms with E-state index in [2.05, 4.69) is 0 Å². The van der Waals surface area contributed by atoms with Gasteiger partial charge in [0.1, 0.15) is 12.4 Å². The number of ether oxygens (including phenoxy) is 2. The number of benzene rings is 2. The highest BCUT2D eigenvalue weighted by Gasteiger charge is 2.31. The summed E-state index contributed by atoms with van der Waals surface area (Å²) < 4.78 is 50.8. The molecule has 0 unspecified atom stereocenters. The van der Waals surface area contributed by atoms with Crippen molar-refractivity contribution in [2.45, 2.75) is 4.90 Å². The monoisotopic (exact) mass is 338 g/mol. The van der Waals surface area contributed by atoms with Crippen LogP contribution in [0.15, 0.2) is 41.3 Å². The van der Waals surface area contributed by atoms with Crippen LogP contribution in [0.4, 0.5) is 15.8 Å². The summed E-state index contributed by atoms with van der Waals surface area (Å²) in [7, 11) is -2.61. The van der Waals surface area contributed by atoms with Gasteiger partial charge < -0.3 is 15.2 Å². The normalized spacial score (nSPS) is 14.1. The summed E-state index contributed by atoms with van der Waals surface area (Å²) in [5.41, 5.74) is 6.53. The fourth-order valence-corrected chi connectivity index (χ4v) is 3.85. The Labute approximate surface area is 133 Å². The van der Waals surface area contributed by atoms with Crippen molar-refractivity contribution in [3.05, 3.63) is 42.2 Å². The second-order valence-corrected chi connectivity index (χ2v) is 6.81. The highest BCUT2D eigenvalue weighted by molar-refractivity contribution is 7.92. The number of hydrogen-bond donors (Lipinski definition) is 1. The molecule has 1 heterocycles. The molecule has 1 aliphatic rings. The Morgan fingerprint density at radius 3 is 2.78 bits per heavy atom. The van der Waals surface area contributed by atoms with Gasteiger partial charge in [-0.15, -0.1) is 0 Å². The van der Waals surface area contributed by atoms with Crippen molar-refractivity contribution in [1.29, 1.82) is 0 Å². The maximum absolute atomic E-state index is 13.5. The van der Waals surface area contributed by atoms with Crippen molar-refractivity contribution in [1.82, 2.24) is 0 Å². The predicted molar refractivity (Wildman–Crippen MR) is 83.8 cm³/mol. The summed E-state index contributed by atoms with van der Waals surface area (Å²) in [4.78, 5) is -0.0639. The average molecular weight is 338 g/mol. The first-order valence-corrected chi connectivity index (χ1v) is 8.26. The van der Waals surface area contributed by atoms with E-state index < -0.39 is 15.8 Å². The SMILES string of the molecule is COc1cc(S(=O)(=O)N2CCOc3ccc(N)cc32)ccc1F. The van der Waals surface area contributed by atoms with Crippen LogP contribution >= 0.6 is 0 Å². The number of sulfonamides is 1. The van der Waals surface area contributed by atoms with Gasteiger partial charge in [0.25, 0.3) is 10.0 Å². The molecule has 1 aliphatic heterocycles. The van der Waals surface area contributed by atoms with Crippen LogP contribution in [-0.4, -0.2) is 28.7 Å². The molecule has 0 bridgehead atoms. The number of fused-ring (bicyclic) bond motifs is 1. The largest absolute Gasteiger partial charge is 0.494 e. The van der Waals surface area contributed by atoms with Crippen LogP contribution in [0.1, 0.15) is 0 Å². The number of anilines is 2. The maximum atomic E-state index is 13.5. The molecular weight excluding hydrogens is 323 g/mol. The first-order valence-electron chi connectivity index (χ1n) is 6.82. The number of methoxy groups -OCH3 is 1. The first kappa shape index (κ1) is 15.4. The van der Waals surface area contributed by atoms with E-state index in [-0.39, 0.29) is 23.8 Å². The van der Waals surface area contributed by atoms with E-state index in [1.54, 1.807) is 12.1 Å². The van der Waals surface area contributed by atoms with Crippen LogP contribution in [0.3, 0.4) is 0 Å². The third-order valence-corrected chi connectivity index (χ3v) is 5.32. The zero-order chi connectivity index (χ0) is 16.6. The van der Waals surface area contributed by atoms with E-state index in [0.29, 0.717) is 17.1 Å². The third-order valence-electron chi connectivity index (χ3n) is 3.51. The van der Waals surface area contributed by atoms with Crippen molar-refractivity contribution in [2.75, 3.05) is 30.3 Å². The summed E-state index contributed by atoms with van der Waals surface area (Å²) in [6, 6.07) is 8.22. The van der Waals surface area contributed by atoms with Gasteiger partial charge in [0.2, 0.25) is 0 Å². The molecule has 2 aromatic rings. The molecule has 0 atom stereocenters. The lowest BCUT2D eigenvalue weighted by atomic mass is 10.2. The van der Waals surface area contributed by atoms with Gasteiger partial charge in [-0.1, -0.05) is 0 Å². The van der Waals surface area contributed by atoms with Crippen molar-refractivity contribution in [3.8, 4) is 11.5 Å². The molecule has 0 amide bonds. The smallest absolute Gasteiger partial charge is 0.264 e. The van der Waals surface area contributed by atoms with Gasteiger partial charge >= 0.3 is 0 Å². The Bertz CT molecular complexity index is 855. The molecule has 0 spiro atoms. The van der Waals surface area contributed by atoms with E-state index >= 15 is 0 Å². The summed E-state index contributed by atoms with van der Waals surface area (Å²) in [5.74, 6) is -0.326. The van der Waals surface area contributed by atoms with E-state index in [9.17, 15) is 12.8 Å². The molecule has 122 valence electrons. The lowest BCUT2D eigenvalue weighted by molar-refractivity contribution is 0.316. The first-order chi connectivity index (χ1) is 10.9. The zero-order valence-corrected chi connectivity index (χ0v) is 13.1. The standard InChI is InChI=1S/C15H15FN2O4S/c1-21-15-9-11(3-4-12(15)16)23(19,20)18-6-7-22-14-5-2-10(17)8-13(14)18/h2-5,8-9H,6-7,17H2,1H3. The fraction of sp³-hybridized carbons (Fsp3) is 0.200.